The molecule has 2 nitrogen and oxygen atoms in total. The Balaban J connectivity index is 1.37. The first-order valence-corrected chi connectivity index (χ1v) is 11.4. The fourth-order valence-corrected chi connectivity index (χ4v) is 3.99. The number of hydrogen-bond donors (Lipinski definition) is 1. The summed E-state index contributed by atoms with van der Waals surface area (Å²) in [5, 5.41) is 3.48. The van der Waals surface area contributed by atoms with Gasteiger partial charge in [0, 0.05) is 6.20 Å². The van der Waals surface area contributed by atoms with Crippen molar-refractivity contribution in [3.8, 4) is 0 Å². The lowest BCUT2D eigenvalue weighted by Gasteiger charge is -2.22. The molecule has 0 saturated carbocycles. The molecule has 0 aromatic heterocycles. The Morgan fingerprint density at radius 2 is 1.82 bits per heavy atom. The van der Waals surface area contributed by atoms with Crippen LogP contribution < -0.4 is 5.32 Å². The minimum absolute atomic E-state index is 0.244. The first-order chi connectivity index (χ1) is 13.8. The van der Waals surface area contributed by atoms with E-state index in [0.29, 0.717) is 5.92 Å². The second-order valence-corrected chi connectivity index (χ2v) is 8.27. The van der Waals surface area contributed by atoms with Gasteiger partial charge >= 0.3 is 0 Å². The molecule has 2 unspecified atom stereocenters. The monoisotopic (exact) mass is 379 g/mol. The van der Waals surface area contributed by atoms with Crippen LogP contribution in [0.15, 0.2) is 60.5 Å². The highest BCUT2D eigenvalue weighted by atomic mass is 16.5. The van der Waals surface area contributed by atoms with Crippen LogP contribution in [0.5, 0.6) is 0 Å². The predicted molar refractivity (Wildman–Crippen MR) is 119 cm³/mol. The summed E-state index contributed by atoms with van der Waals surface area (Å²) in [4.78, 5) is 0. The van der Waals surface area contributed by atoms with Gasteiger partial charge < -0.3 is 10.1 Å². The summed E-state index contributed by atoms with van der Waals surface area (Å²) in [6, 6.07) is 9.37. The molecule has 2 atom stereocenters. The molecule has 2 aliphatic rings. The molecule has 1 aromatic carbocycles. The van der Waals surface area contributed by atoms with Crippen LogP contribution in [0, 0.1) is 5.92 Å². The fourth-order valence-electron chi connectivity index (χ4n) is 3.99. The van der Waals surface area contributed by atoms with Gasteiger partial charge in [-0.3, -0.25) is 0 Å². The highest BCUT2D eigenvalue weighted by molar-refractivity contribution is 5.31. The van der Waals surface area contributed by atoms with Gasteiger partial charge in [-0.15, -0.1) is 0 Å². The minimum Gasteiger partial charge on any atom is -0.492 e. The summed E-state index contributed by atoms with van der Waals surface area (Å²) in [6.45, 7) is 3.09. The molecule has 1 aromatic rings. The number of benzene rings is 1. The van der Waals surface area contributed by atoms with E-state index in [9.17, 15) is 0 Å². The van der Waals surface area contributed by atoms with E-state index in [-0.39, 0.29) is 6.04 Å². The van der Waals surface area contributed by atoms with Crippen molar-refractivity contribution in [2.45, 2.75) is 77.2 Å². The average Bonchev–Trinajstić information content (AvgIpc) is 2.76. The third kappa shape index (κ3) is 6.89. The van der Waals surface area contributed by atoms with Crippen LogP contribution in [0.25, 0.3) is 0 Å². The molecular weight excluding hydrogens is 342 g/mol. The number of allylic oxidation sites excluding steroid dienone is 3. The third-order valence-electron chi connectivity index (χ3n) is 5.88. The maximum atomic E-state index is 5.98. The molecule has 0 fully saturated rings. The molecule has 1 N–H and O–H groups in total. The molecule has 1 heterocycles. The van der Waals surface area contributed by atoms with Gasteiger partial charge in [0.1, 0.15) is 5.76 Å². The number of unbranched alkanes of at least 4 members (excludes halogenated alkanes) is 5. The highest BCUT2D eigenvalue weighted by Gasteiger charge is 2.14. The van der Waals surface area contributed by atoms with Gasteiger partial charge in [-0.1, -0.05) is 81.5 Å². The quantitative estimate of drug-likeness (QED) is 0.330. The Hall–Kier alpha value is -1.96. The topological polar surface area (TPSA) is 21.3 Å². The Bertz CT molecular complexity index is 656. The maximum Gasteiger partial charge on any atom is 0.134 e. The van der Waals surface area contributed by atoms with E-state index >= 15 is 0 Å². The summed E-state index contributed by atoms with van der Waals surface area (Å²) in [5.74, 6) is 1.61. The molecule has 0 spiro atoms. The highest BCUT2D eigenvalue weighted by Crippen LogP contribution is 2.23. The van der Waals surface area contributed by atoms with Crippen LogP contribution in [-0.2, 0) is 11.2 Å². The Morgan fingerprint density at radius 1 is 1.00 bits per heavy atom. The normalized spacial score (nSPS) is 21.2. The number of dihydropyridines is 1. The zero-order valence-corrected chi connectivity index (χ0v) is 17.5. The summed E-state index contributed by atoms with van der Waals surface area (Å²) < 4.78 is 5.98. The molecule has 0 radical (unpaired) electrons. The first kappa shape index (κ1) is 20.8. The van der Waals surface area contributed by atoms with Crippen molar-refractivity contribution in [1.82, 2.24) is 5.32 Å². The van der Waals surface area contributed by atoms with E-state index in [1.54, 1.807) is 0 Å². The molecule has 0 bridgehead atoms. The maximum absolute atomic E-state index is 5.98. The van der Waals surface area contributed by atoms with Crippen molar-refractivity contribution >= 4 is 0 Å². The molecule has 0 saturated heterocycles. The van der Waals surface area contributed by atoms with Crippen LogP contribution >= 0.6 is 0 Å². The van der Waals surface area contributed by atoms with E-state index in [2.05, 4.69) is 60.8 Å². The Kier molecular flexibility index (Phi) is 8.74. The molecule has 1 aliphatic carbocycles. The van der Waals surface area contributed by atoms with Crippen molar-refractivity contribution < 1.29 is 4.74 Å². The summed E-state index contributed by atoms with van der Waals surface area (Å²) >= 11 is 0. The summed E-state index contributed by atoms with van der Waals surface area (Å²) in [5.41, 5.74) is 2.77. The second kappa shape index (κ2) is 11.8. The predicted octanol–water partition coefficient (Wildman–Crippen LogP) is 7.00. The molecule has 3 rings (SSSR count). The van der Waals surface area contributed by atoms with E-state index in [4.69, 9.17) is 4.74 Å². The third-order valence-corrected chi connectivity index (χ3v) is 5.88. The van der Waals surface area contributed by atoms with E-state index in [1.165, 1.54) is 68.9 Å². The lowest BCUT2D eigenvalue weighted by Crippen LogP contribution is -2.18. The molecule has 1 aliphatic heterocycles. The van der Waals surface area contributed by atoms with Crippen LogP contribution in [0.3, 0.4) is 0 Å². The molecule has 0 amide bonds. The van der Waals surface area contributed by atoms with Crippen molar-refractivity contribution in [1.29, 1.82) is 0 Å². The SMILES string of the molecule is CCCCCCCCc1ccc(C2C=CC(OCC3CC=CCC3)=CN2)cc1. The zero-order valence-electron chi connectivity index (χ0n) is 17.5. The number of nitrogens with one attached hydrogen (secondary N) is 1. The van der Waals surface area contributed by atoms with Gasteiger partial charge in [0.25, 0.3) is 0 Å². The Labute approximate surface area is 171 Å². The van der Waals surface area contributed by atoms with E-state index in [1.807, 2.05) is 6.20 Å². The second-order valence-electron chi connectivity index (χ2n) is 8.27. The first-order valence-electron chi connectivity index (χ1n) is 11.4. The number of aryl methyl sites for hydroxylation is 1. The smallest absolute Gasteiger partial charge is 0.134 e. The van der Waals surface area contributed by atoms with Gasteiger partial charge in [0.2, 0.25) is 0 Å². The van der Waals surface area contributed by atoms with Crippen molar-refractivity contribution in [2.24, 2.45) is 5.92 Å². The lowest BCUT2D eigenvalue weighted by molar-refractivity contribution is 0.166. The van der Waals surface area contributed by atoms with Crippen molar-refractivity contribution in [3.05, 3.63) is 71.7 Å². The van der Waals surface area contributed by atoms with E-state index in [0.717, 1.165) is 18.8 Å². The van der Waals surface area contributed by atoms with Crippen LogP contribution in [-0.4, -0.2) is 6.61 Å². The van der Waals surface area contributed by atoms with Crippen LogP contribution in [0.1, 0.15) is 81.9 Å². The standard InChI is InChI=1S/C26H37NO/c1-2-3-4-5-6-8-11-22-14-16-24(17-15-22)26-19-18-25(20-27-26)28-21-23-12-9-7-10-13-23/h7,9,14-20,23,26-27H,2-6,8,10-13,21H2,1H3. The zero-order chi connectivity index (χ0) is 19.4. The largest absolute Gasteiger partial charge is 0.492 e. The van der Waals surface area contributed by atoms with Crippen molar-refractivity contribution in [2.75, 3.05) is 6.61 Å². The fraction of sp³-hybridized carbons (Fsp3) is 0.538. The van der Waals surface area contributed by atoms with Crippen LogP contribution in [0.2, 0.25) is 0 Å². The molecule has 2 heteroatoms. The number of rotatable bonds is 11. The van der Waals surface area contributed by atoms with E-state index < -0.39 is 0 Å². The van der Waals surface area contributed by atoms with Gasteiger partial charge in [0.15, 0.2) is 0 Å². The van der Waals surface area contributed by atoms with Crippen molar-refractivity contribution in [3.63, 3.8) is 0 Å². The minimum atomic E-state index is 0.244. The summed E-state index contributed by atoms with van der Waals surface area (Å²) in [7, 11) is 0. The number of hydrogen-bond acceptors (Lipinski definition) is 2. The molecule has 152 valence electrons. The summed E-state index contributed by atoms with van der Waals surface area (Å²) in [6.07, 6.45) is 23.9. The van der Waals surface area contributed by atoms with Gasteiger partial charge in [-0.2, -0.15) is 0 Å². The van der Waals surface area contributed by atoms with Crippen LogP contribution in [0.4, 0.5) is 0 Å². The lowest BCUT2D eigenvalue weighted by atomic mass is 9.95. The van der Waals surface area contributed by atoms with Gasteiger partial charge in [-0.05, 0) is 55.2 Å². The van der Waals surface area contributed by atoms with Gasteiger partial charge in [0.05, 0.1) is 12.6 Å². The van der Waals surface area contributed by atoms with Gasteiger partial charge in [-0.25, -0.2) is 0 Å². The average molecular weight is 380 g/mol. The molecule has 28 heavy (non-hydrogen) atoms. The molecular formula is C26H37NO. The Morgan fingerprint density at radius 3 is 2.54 bits per heavy atom. The number of ether oxygens (including phenoxy) is 1.